The first kappa shape index (κ1) is 63.2. The van der Waals surface area contributed by atoms with E-state index < -0.39 is 195 Å². The maximum atomic E-state index is 14.2. The van der Waals surface area contributed by atoms with Gasteiger partial charge in [0, 0.05) is 5.56 Å². The molecule has 7 aromatic rings. The first-order chi connectivity index (χ1) is 38.1. The third kappa shape index (κ3) is 15.1. The van der Waals surface area contributed by atoms with Crippen molar-refractivity contribution in [1.29, 1.82) is 0 Å². The summed E-state index contributed by atoms with van der Waals surface area (Å²) in [6.07, 6.45) is -42.5. The van der Waals surface area contributed by atoms with Crippen molar-refractivity contribution in [2.24, 2.45) is 0 Å². The summed E-state index contributed by atoms with van der Waals surface area (Å²) in [6.45, 7) is 0.763. The number of hydrogen-bond donors (Lipinski definition) is 0. The highest BCUT2D eigenvalue weighted by molar-refractivity contribution is 7.20. The molecule has 0 unspecified atom stereocenters. The third-order valence-electron chi connectivity index (χ3n) is 13.6. The predicted molar refractivity (Wildman–Crippen MR) is 252 cm³/mol. The molecule has 444 valence electrons. The second kappa shape index (κ2) is 23.0. The Morgan fingerprint density at radius 2 is 0.711 bits per heavy atom. The van der Waals surface area contributed by atoms with Crippen LogP contribution in [0.4, 0.5) is 105 Å². The zero-order valence-corrected chi connectivity index (χ0v) is 41.6. The van der Waals surface area contributed by atoms with Crippen molar-refractivity contribution in [3.63, 3.8) is 0 Å². The summed E-state index contributed by atoms with van der Waals surface area (Å²) in [5.74, 6) is 2.33. The highest BCUT2D eigenvalue weighted by atomic mass is 19.4. The Bertz CT molecular complexity index is 2950. The molecule has 1 fully saturated rings. The highest BCUT2D eigenvalue weighted by Crippen LogP contribution is 2.42. The molecule has 0 N–H and O–H groups in total. The molecule has 6 aromatic carbocycles. The van der Waals surface area contributed by atoms with Crippen molar-refractivity contribution in [1.82, 2.24) is 4.98 Å². The summed E-state index contributed by atoms with van der Waals surface area (Å²) >= 11 is 0. The van der Waals surface area contributed by atoms with Crippen molar-refractivity contribution >= 4 is 28.0 Å². The number of nitrogens with zero attached hydrogens (tertiary/aromatic N) is 2. The van der Waals surface area contributed by atoms with Crippen LogP contribution in [0, 0.1) is 0 Å². The van der Waals surface area contributed by atoms with Gasteiger partial charge in [0.1, 0.15) is 18.1 Å². The summed E-state index contributed by atoms with van der Waals surface area (Å²) < 4.78 is 349. The summed E-state index contributed by atoms with van der Waals surface area (Å²) in [5.41, 5.74) is -27.5. The number of hydrogen-bond acceptors (Lipinski definition) is 2. The SMILES string of the molecule is FC(F)(F)c1cc([B-](c2cc(C(F)(F)F)cc(C(F)(F)F)c2)(c2cc(C(F)(F)F)cc(C(F)(F)F)c2)c2cc(C(F)(F)F)cc(C(F)(F)F)c2)cc(C(F)(F)F)c1.c1ccc(C[n+]2ccncc2Oc2ccc(C3CCCCC3)cc2)cc1. The van der Waals surface area contributed by atoms with E-state index in [1.807, 2.05) is 12.3 Å². The molecule has 1 heterocycles. The average Bonchev–Trinajstić information content (AvgIpc) is 1.01. The lowest BCUT2D eigenvalue weighted by molar-refractivity contribution is -0.692. The van der Waals surface area contributed by atoms with Gasteiger partial charge < -0.3 is 4.74 Å². The number of benzene rings is 6. The van der Waals surface area contributed by atoms with Gasteiger partial charge in [0.25, 0.3) is 0 Å². The molecular weight excluding hydrogens is 1170 g/mol. The van der Waals surface area contributed by atoms with E-state index in [2.05, 4.69) is 58.1 Å². The Morgan fingerprint density at radius 1 is 0.398 bits per heavy atom. The van der Waals surface area contributed by atoms with Gasteiger partial charge in [-0.3, -0.25) is 0 Å². The Morgan fingerprint density at radius 3 is 1.01 bits per heavy atom. The summed E-state index contributed by atoms with van der Waals surface area (Å²) in [6, 6.07) is 10.2. The van der Waals surface area contributed by atoms with E-state index >= 15 is 0 Å². The van der Waals surface area contributed by atoms with Crippen LogP contribution in [0.1, 0.15) is 93.7 Å². The van der Waals surface area contributed by atoms with Gasteiger partial charge in [-0.1, -0.05) is 110 Å². The highest BCUT2D eigenvalue weighted by Gasteiger charge is 2.47. The fraction of sp³-hybridized carbons (Fsp3) is 0.273. The van der Waals surface area contributed by atoms with Gasteiger partial charge in [0.15, 0.2) is 12.7 Å². The predicted octanol–water partition coefficient (Wildman–Crippen LogP) is 16.5. The monoisotopic (exact) mass is 1210 g/mol. The van der Waals surface area contributed by atoms with Crippen molar-refractivity contribution in [2.45, 2.75) is 94.0 Å². The molecule has 1 saturated carbocycles. The molecule has 3 nitrogen and oxygen atoms in total. The molecular formula is C55H37BF24N2O. The number of halogens is 24. The molecule has 0 aliphatic heterocycles. The number of rotatable bonds is 9. The van der Waals surface area contributed by atoms with E-state index in [9.17, 15) is 105 Å². The molecule has 0 saturated heterocycles. The fourth-order valence-corrected chi connectivity index (χ4v) is 9.80. The summed E-state index contributed by atoms with van der Waals surface area (Å²) in [5, 5.41) is 0. The second-order valence-electron chi connectivity index (χ2n) is 19.3. The molecule has 0 atom stereocenters. The van der Waals surface area contributed by atoms with Crippen LogP contribution in [0.25, 0.3) is 0 Å². The minimum atomic E-state index is -6.13. The molecule has 1 aromatic heterocycles. The van der Waals surface area contributed by atoms with Crippen LogP contribution >= 0.6 is 0 Å². The third-order valence-corrected chi connectivity index (χ3v) is 13.6. The van der Waals surface area contributed by atoms with Gasteiger partial charge in [0.05, 0.1) is 50.7 Å². The van der Waals surface area contributed by atoms with Gasteiger partial charge in [-0.25, -0.2) is 4.98 Å². The topological polar surface area (TPSA) is 26.0 Å². The van der Waals surface area contributed by atoms with Gasteiger partial charge in [-0.2, -0.15) is 132 Å². The average molecular weight is 1210 g/mol. The largest absolute Gasteiger partial charge is 0.416 e. The van der Waals surface area contributed by atoms with Crippen molar-refractivity contribution < 1.29 is 115 Å². The Kier molecular flexibility index (Phi) is 17.5. The van der Waals surface area contributed by atoms with Crippen LogP contribution in [0.2, 0.25) is 0 Å². The fourth-order valence-electron chi connectivity index (χ4n) is 9.80. The van der Waals surface area contributed by atoms with E-state index in [1.165, 1.54) is 43.2 Å². The van der Waals surface area contributed by atoms with Crippen molar-refractivity contribution in [3.05, 3.63) is 202 Å². The molecule has 1 aliphatic rings. The normalized spacial score (nSPS) is 14.5. The molecule has 0 amide bonds. The van der Waals surface area contributed by atoms with Gasteiger partial charge in [-0.15, -0.1) is 0 Å². The van der Waals surface area contributed by atoms with Crippen LogP contribution < -0.4 is 31.2 Å². The maximum Gasteiger partial charge on any atom is 0.416 e. The zero-order chi connectivity index (χ0) is 61.5. The number of alkyl halides is 24. The number of ether oxygens (including phenoxy) is 1. The molecule has 0 spiro atoms. The Hall–Kier alpha value is -7.42. The van der Waals surface area contributed by atoms with Crippen LogP contribution in [0.5, 0.6) is 11.6 Å². The molecule has 0 radical (unpaired) electrons. The van der Waals surface area contributed by atoms with Crippen molar-refractivity contribution in [3.8, 4) is 11.6 Å². The van der Waals surface area contributed by atoms with E-state index in [0.29, 0.717) is 0 Å². The lowest BCUT2D eigenvalue weighted by Crippen LogP contribution is -2.75. The van der Waals surface area contributed by atoms with Gasteiger partial charge in [-0.05, 0) is 60.7 Å². The molecule has 83 heavy (non-hydrogen) atoms. The van der Waals surface area contributed by atoms with Crippen LogP contribution in [-0.2, 0) is 56.0 Å². The second-order valence-corrected chi connectivity index (χ2v) is 19.3. The minimum Gasteiger partial charge on any atom is -0.404 e. The molecule has 28 heteroatoms. The van der Waals surface area contributed by atoms with E-state index in [4.69, 9.17) is 4.74 Å². The molecule has 1 aliphatic carbocycles. The van der Waals surface area contributed by atoms with Crippen LogP contribution in [0.15, 0.2) is 146 Å². The lowest BCUT2D eigenvalue weighted by atomic mass is 9.12. The van der Waals surface area contributed by atoms with E-state index in [0.717, 1.165) is 24.1 Å². The standard InChI is InChI=1S/C32H12BF24.C23H25N2O/c34-25(35,36)13-1-14(26(37,38)39)6-21(5-13)33(22-7-15(27(40,41)42)2-16(8-22)28(43,44)45,23-9-17(29(46,47)48)3-18(10-23)30(49,50)51)24-11-19(31(52,53)54)4-20(12-24)32(55,56)57;1-3-7-19(8-4-1)18-25-16-15-24-17-23(25)26-22-13-11-21(12-14-22)20-9-5-2-6-10-20/h1-12H;1,3-4,7-8,11-17,20H,2,5-6,9-10,18H2/q-1;+1. The zero-order valence-electron chi connectivity index (χ0n) is 41.6. The van der Waals surface area contributed by atoms with E-state index in [-0.39, 0.29) is 0 Å². The first-order valence-electron chi connectivity index (χ1n) is 24.2. The lowest BCUT2D eigenvalue weighted by Gasteiger charge is -2.46. The molecule has 0 bridgehead atoms. The maximum absolute atomic E-state index is 14.2. The summed E-state index contributed by atoms with van der Waals surface area (Å²) in [4.78, 5) is 4.23. The van der Waals surface area contributed by atoms with Crippen LogP contribution in [-0.4, -0.2) is 11.1 Å². The van der Waals surface area contributed by atoms with Gasteiger partial charge in [0.2, 0.25) is 0 Å². The summed E-state index contributed by atoms with van der Waals surface area (Å²) in [7, 11) is 0. The van der Waals surface area contributed by atoms with Crippen LogP contribution in [0.3, 0.4) is 0 Å². The van der Waals surface area contributed by atoms with Gasteiger partial charge >= 0.3 is 55.3 Å². The quantitative estimate of drug-likeness (QED) is 0.0818. The Labute approximate surface area is 454 Å². The Balaban J connectivity index is 0.000000313. The minimum absolute atomic E-state index is 0.691. The van der Waals surface area contributed by atoms with Crippen molar-refractivity contribution in [2.75, 3.05) is 0 Å². The smallest absolute Gasteiger partial charge is 0.404 e. The molecule has 8 rings (SSSR count). The first-order valence-corrected chi connectivity index (χ1v) is 24.2. The number of aromatic nitrogens is 2. The van der Waals surface area contributed by atoms with E-state index in [1.54, 1.807) is 12.4 Å².